The lowest BCUT2D eigenvalue weighted by atomic mass is 9.96. The van der Waals surface area contributed by atoms with Crippen molar-refractivity contribution in [2.75, 3.05) is 26.7 Å². The van der Waals surface area contributed by atoms with Crippen LogP contribution < -0.4 is 5.73 Å². The van der Waals surface area contributed by atoms with Gasteiger partial charge in [-0.15, -0.1) is 0 Å². The molecule has 1 rings (SSSR count). The van der Waals surface area contributed by atoms with E-state index < -0.39 is 15.3 Å². The molecule has 102 valence electrons. The largest absolute Gasteiger partial charge is 0.377 e. The summed E-state index contributed by atoms with van der Waals surface area (Å²) in [4.78, 5) is 0. The summed E-state index contributed by atoms with van der Waals surface area (Å²) in [6, 6.07) is 0. The van der Waals surface area contributed by atoms with E-state index in [1.54, 1.807) is 11.4 Å². The van der Waals surface area contributed by atoms with Crippen molar-refractivity contribution in [2.24, 2.45) is 5.73 Å². The Bertz CT molecular complexity index is 341. The van der Waals surface area contributed by atoms with E-state index in [9.17, 15) is 8.42 Å². The third-order valence-electron chi connectivity index (χ3n) is 3.62. The first kappa shape index (κ1) is 14.9. The van der Waals surface area contributed by atoms with Crippen LogP contribution in [0.3, 0.4) is 0 Å². The van der Waals surface area contributed by atoms with Crippen LogP contribution in [0.5, 0.6) is 0 Å². The van der Waals surface area contributed by atoms with Crippen LogP contribution >= 0.6 is 0 Å². The molecule has 0 radical (unpaired) electrons. The summed E-state index contributed by atoms with van der Waals surface area (Å²) in [5, 5.41) is -0.471. The third kappa shape index (κ3) is 3.19. The molecule has 2 unspecified atom stereocenters. The molecule has 1 saturated heterocycles. The molecule has 0 spiro atoms. The van der Waals surface area contributed by atoms with Gasteiger partial charge in [0.05, 0.1) is 10.9 Å². The molecule has 1 fully saturated rings. The fourth-order valence-electron chi connectivity index (χ4n) is 2.25. The number of hydrogen-bond donors (Lipinski definition) is 1. The van der Waals surface area contributed by atoms with Crippen molar-refractivity contribution in [3.8, 4) is 0 Å². The van der Waals surface area contributed by atoms with E-state index in [-0.39, 0.29) is 12.1 Å². The molecule has 2 atom stereocenters. The van der Waals surface area contributed by atoms with Crippen molar-refractivity contribution < 1.29 is 13.2 Å². The minimum atomic E-state index is -3.28. The minimum Gasteiger partial charge on any atom is -0.377 e. The second-order valence-electron chi connectivity index (χ2n) is 4.90. The van der Waals surface area contributed by atoms with Gasteiger partial charge in [-0.3, -0.25) is 0 Å². The first-order valence-corrected chi connectivity index (χ1v) is 7.64. The normalized spacial score (nSPS) is 29.2. The van der Waals surface area contributed by atoms with Gasteiger partial charge in [-0.1, -0.05) is 6.92 Å². The van der Waals surface area contributed by atoms with Crippen molar-refractivity contribution in [2.45, 2.75) is 44.0 Å². The highest BCUT2D eigenvalue weighted by Gasteiger charge is 2.38. The van der Waals surface area contributed by atoms with Gasteiger partial charge >= 0.3 is 0 Å². The maximum absolute atomic E-state index is 12.3. The van der Waals surface area contributed by atoms with Crippen molar-refractivity contribution in [3.05, 3.63) is 0 Å². The lowest BCUT2D eigenvalue weighted by Gasteiger charge is -2.39. The van der Waals surface area contributed by atoms with Crippen molar-refractivity contribution >= 4 is 10.0 Å². The van der Waals surface area contributed by atoms with E-state index in [0.29, 0.717) is 19.5 Å². The Balaban J connectivity index is 2.85. The Kier molecular flexibility index (Phi) is 4.95. The lowest BCUT2D eigenvalue weighted by Crippen LogP contribution is -2.52. The van der Waals surface area contributed by atoms with E-state index in [2.05, 4.69) is 0 Å². The Morgan fingerprint density at radius 2 is 2.18 bits per heavy atom. The van der Waals surface area contributed by atoms with Crippen LogP contribution in [-0.2, 0) is 14.8 Å². The molecule has 6 heteroatoms. The molecular formula is C11H24N2O3S. The number of hydrogen-bond acceptors (Lipinski definition) is 4. The zero-order chi connectivity index (χ0) is 13.1. The summed E-state index contributed by atoms with van der Waals surface area (Å²) in [5.41, 5.74) is 5.18. The number of piperidine rings is 1. The predicted octanol–water partition coefficient (Wildman–Crippen LogP) is 0.554. The molecule has 0 aromatic rings. The average Bonchev–Trinajstić information content (AvgIpc) is 2.30. The Labute approximate surface area is 104 Å². The van der Waals surface area contributed by atoms with Gasteiger partial charge in [-0.2, -0.15) is 4.31 Å². The first-order valence-electron chi connectivity index (χ1n) is 6.14. The summed E-state index contributed by atoms with van der Waals surface area (Å²) in [5.74, 6) is 0. The highest BCUT2D eigenvalue weighted by atomic mass is 32.2. The molecule has 0 saturated carbocycles. The van der Waals surface area contributed by atoms with Gasteiger partial charge in [-0.25, -0.2) is 8.42 Å². The topological polar surface area (TPSA) is 72.6 Å². The van der Waals surface area contributed by atoms with Crippen LogP contribution in [0.25, 0.3) is 0 Å². The minimum absolute atomic E-state index is 0.180. The lowest BCUT2D eigenvalue weighted by molar-refractivity contribution is -0.0321. The second kappa shape index (κ2) is 5.65. The molecule has 17 heavy (non-hydrogen) atoms. The molecule has 1 aliphatic heterocycles. The molecule has 1 heterocycles. The molecule has 0 aromatic heterocycles. The van der Waals surface area contributed by atoms with Gasteiger partial charge in [-0.05, 0) is 26.2 Å². The average molecular weight is 264 g/mol. The maximum atomic E-state index is 12.3. The fourth-order valence-corrected chi connectivity index (χ4v) is 4.18. The SMILES string of the molecule is CCC(CN)S(=O)(=O)N1CCCC(C)(OC)C1. The molecule has 0 aromatic carbocycles. The van der Waals surface area contributed by atoms with E-state index >= 15 is 0 Å². The molecule has 5 nitrogen and oxygen atoms in total. The summed E-state index contributed by atoms with van der Waals surface area (Å²) in [6.45, 7) is 5.01. The van der Waals surface area contributed by atoms with Gasteiger partial charge < -0.3 is 10.5 Å². The van der Waals surface area contributed by atoms with Crippen LogP contribution in [0, 0.1) is 0 Å². The van der Waals surface area contributed by atoms with Gasteiger partial charge in [0.1, 0.15) is 0 Å². The first-order chi connectivity index (χ1) is 7.89. The number of sulfonamides is 1. The third-order valence-corrected chi connectivity index (χ3v) is 6.02. The predicted molar refractivity (Wildman–Crippen MR) is 68.3 cm³/mol. The van der Waals surface area contributed by atoms with Gasteiger partial charge in [0.2, 0.25) is 10.0 Å². The van der Waals surface area contributed by atoms with Crippen molar-refractivity contribution in [3.63, 3.8) is 0 Å². The van der Waals surface area contributed by atoms with Crippen molar-refractivity contribution in [1.82, 2.24) is 4.31 Å². The zero-order valence-corrected chi connectivity index (χ0v) is 11.8. The highest BCUT2D eigenvalue weighted by molar-refractivity contribution is 7.89. The number of methoxy groups -OCH3 is 1. The Morgan fingerprint density at radius 3 is 2.65 bits per heavy atom. The Morgan fingerprint density at radius 1 is 1.53 bits per heavy atom. The number of ether oxygens (including phenoxy) is 1. The quantitative estimate of drug-likeness (QED) is 0.787. The van der Waals surface area contributed by atoms with E-state index in [4.69, 9.17) is 10.5 Å². The molecular weight excluding hydrogens is 240 g/mol. The van der Waals surface area contributed by atoms with Crippen LogP contribution in [0.1, 0.15) is 33.1 Å². The monoisotopic (exact) mass is 264 g/mol. The Hall–Kier alpha value is -0.170. The maximum Gasteiger partial charge on any atom is 0.218 e. The van der Waals surface area contributed by atoms with Crippen LogP contribution in [0.2, 0.25) is 0 Å². The molecule has 0 amide bonds. The molecule has 0 aliphatic carbocycles. The molecule has 0 bridgehead atoms. The fraction of sp³-hybridized carbons (Fsp3) is 1.00. The van der Waals surface area contributed by atoms with E-state index in [1.165, 1.54) is 0 Å². The molecule has 2 N–H and O–H groups in total. The number of nitrogens with zero attached hydrogens (tertiary/aromatic N) is 1. The summed E-state index contributed by atoms with van der Waals surface area (Å²) >= 11 is 0. The van der Waals surface area contributed by atoms with Gasteiger partial charge in [0.15, 0.2) is 0 Å². The van der Waals surface area contributed by atoms with E-state index in [0.717, 1.165) is 12.8 Å². The smallest absolute Gasteiger partial charge is 0.218 e. The standard InChI is InChI=1S/C11H24N2O3S/c1-4-10(8-12)17(14,15)13-7-5-6-11(2,9-13)16-3/h10H,4-9,12H2,1-3H3. The summed E-state index contributed by atoms with van der Waals surface area (Å²) < 4.78 is 31.6. The van der Waals surface area contributed by atoms with Crippen molar-refractivity contribution in [1.29, 1.82) is 0 Å². The second-order valence-corrected chi connectivity index (χ2v) is 7.12. The van der Waals surface area contributed by atoms with Crippen LogP contribution in [0.4, 0.5) is 0 Å². The summed E-state index contributed by atoms with van der Waals surface area (Å²) in [6.07, 6.45) is 2.29. The molecule has 1 aliphatic rings. The highest BCUT2D eigenvalue weighted by Crippen LogP contribution is 2.27. The van der Waals surface area contributed by atoms with Gasteiger partial charge in [0, 0.05) is 26.7 Å². The van der Waals surface area contributed by atoms with Crippen LogP contribution in [-0.4, -0.2) is 50.3 Å². The van der Waals surface area contributed by atoms with Gasteiger partial charge in [0.25, 0.3) is 0 Å². The summed E-state index contributed by atoms with van der Waals surface area (Å²) in [7, 11) is -1.64. The number of nitrogens with two attached hydrogens (primary N) is 1. The zero-order valence-electron chi connectivity index (χ0n) is 11.0. The van der Waals surface area contributed by atoms with E-state index in [1.807, 2.05) is 13.8 Å². The number of rotatable bonds is 5. The van der Waals surface area contributed by atoms with Crippen LogP contribution in [0.15, 0.2) is 0 Å².